The summed E-state index contributed by atoms with van der Waals surface area (Å²) in [4.78, 5) is 11.3. The number of rotatable bonds is 4. The van der Waals surface area contributed by atoms with Gasteiger partial charge in [-0.05, 0) is 41.8 Å². The van der Waals surface area contributed by atoms with Crippen molar-refractivity contribution in [2.45, 2.75) is 13.3 Å². The Kier molecular flexibility index (Phi) is 4.20. The van der Waals surface area contributed by atoms with Crippen molar-refractivity contribution < 1.29 is 15.0 Å². The molecule has 0 atom stereocenters. The van der Waals surface area contributed by atoms with Crippen molar-refractivity contribution in [2.75, 3.05) is 0 Å². The molecule has 0 saturated carbocycles. The van der Waals surface area contributed by atoms with Crippen molar-refractivity contribution in [2.24, 2.45) is 0 Å². The Morgan fingerprint density at radius 2 is 1.90 bits per heavy atom. The van der Waals surface area contributed by atoms with Gasteiger partial charge in [-0.25, -0.2) is 0 Å². The summed E-state index contributed by atoms with van der Waals surface area (Å²) in [6.45, 7) is 1.95. The third-order valence-corrected chi connectivity index (χ3v) is 3.16. The summed E-state index contributed by atoms with van der Waals surface area (Å²) >= 11 is 0. The van der Waals surface area contributed by atoms with E-state index in [9.17, 15) is 15.0 Å². The van der Waals surface area contributed by atoms with Gasteiger partial charge in [0, 0.05) is 11.1 Å². The molecule has 0 aliphatic heterocycles. The molecule has 3 nitrogen and oxygen atoms in total. The monoisotopic (exact) mass is 268 g/mol. The molecule has 2 aromatic rings. The topological polar surface area (TPSA) is 57.5 Å². The molecule has 0 aliphatic rings. The first-order chi connectivity index (χ1) is 9.65. The average Bonchev–Trinajstić information content (AvgIpc) is 2.45. The number of benzene rings is 2. The van der Waals surface area contributed by atoms with Gasteiger partial charge in [-0.3, -0.25) is 4.79 Å². The van der Waals surface area contributed by atoms with Crippen LogP contribution in [0.15, 0.2) is 42.5 Å². The quantitative estimate of drug-likeness (QED) is 0.507. The molecule has 102 valence electrons. The Hall–Kier alpha value is -2.55. The second kappa shape index (κ2) is 6.06. The SMILES string of the molecule is CCc1c(O)cccc1/C=C(\C=O)c1cccc(O)c1. The van der Waals surface area contributed by atoms with Crippen LogP contribution < -0.4 is 0 Å². The van der Waals surface area contributed by atoms with Gasteiger partial charge in [0.15, 0.2) is 6.29 Å². The number of hydrogen-bond acceptors (Lipinski definition) is 3. The molecule has 0 spiro atoms. The normalized spacial score (nSPS) is 11.3. The first-order valence-corrected chi connectivity index (χ1v) is 6.42. The van der Waals surface area contributed by atoms with Crippen LogP contribution in [0.3, 0.4) is 0 Å². The predicted octanol–water partition coefficient (Wildman–Crippen LogP) is 3.40. The fraction of sp³-hybridized carbons (Fsp3) is 0.118. The molecule has 0 saturated heterocycles. The molecule has 20 heavy (non-hydrogen) atoms. The first kappa shape index (κ1) is 13.9. The van der Waals surface area contributed by atoms with Gasteiger partial charge >= 0.3 is 0 Å². The predicted molar refractivity (Wildman–Crippen MR) is 79.5 cm³/mol. The molecule has 0 fully saturated rings. The Labute approximate surface area is 117 Å². The second-order valence-corrected chi connectivity index (χ2v) is 4.47. The molecule has 2 aromatic carbocycles. The van der Waals surface area contributed by atoms with Crippen molar-refractivity contribution in [3.63, 3.8) is 0 Å². The van der Waals surface area contributed by atoms with E-state index in [-0.39, 0.29) is 11.5 Å². The highest BCUT2D eigenvalue weighted by molar-refractivity contribution is 6.13. The molecule has 0 aliphatic carbocycles. The van der Waals surface area contributed by atoms with Crippen molar-refractivity contribution >= 4 is 17.9 Å². The zero-order chi connectivity index (χ0) is 14.5. The van der Waals surface area contributed by atoms with Gasteiger partial charge in [-0.2, -0.15) is 0 Å². The van der Waals surface area contributed by atoms with Crippen LogP contribution in [0.4, 0.5) is 0 Å². The van der Waals surface area contributed by atoms with E-state index in [0.717, 1.165) is 17.4 Å². The molecule has 0 bridgehead atoms. The molecule has 0 unspecified atom stereocenters. The molecule has 2 rings (SSSR count). The lowest BCUT2D eigenvalue weighted by atomic mass is 9.99. The van der Waals surface area contributed by atoms with Crippen LogP contribution in [-0.2, 0) is 11.2 Å². The smallest absolute Gasteiger partial charge is 0.150 e. The zero-order valence-corrected chi connectivity index (χ0v) is 11.2. The number of carbonyl (C=O) groups is 1. The van der Waals surface area contributed by atoms with E-state index < -0.39 is 0 Å². The molecule has 0 heterocycles. The van der Waals surface area contributed by atoms with Crippen molar-refractivity contribution in [1.82, 2.24) is 0 Å². The average molecular weight is 268 g/mol. The fourth-order valence-electron chi connectivity index (χ4n) is 2.15. The van der Waals surface area contributed by atoms with Crippen LogP contribution in [-0.4, -0.2) is 16.5 Å². The van der Waals surface area contributed by atoms with Gasteiger partial charge in [-0.1, -0.05) is 31.2 Å². The minimum atomic E-state index is 0.113. The number of aldehydes is 1. The Morgan fingerprint density at radius 1 is 1.15 bits per heavy atom. The highest BCUT2D eigenvalue weighted by atomic mass is 16.3. The molecule has 3 heteroatoms. The summed E-state index contributed by atoms with van der Waals surface area (Å²) in [5, 5.41) is 19.3. The highest BCUT2D eigenvalue weighted by Gasteiger charge is 2.07. The van der Waals surface area contributed by atoms with Gasteiger partial charge in [0.1, 0.15) is 11.5 Å². The summed E-state index contributed by atoms with van der Waals surface area (Å²) in [5.74, 6) is 0.337. The third-order valence-electron chi connectivity index (χ3n) is 3.16. The van der Waals surface area contributed by atoms with E-state index in [1.54, 1.807) is 36.4 Å². The minimum absolute atomic E-state index is 0.113. The molecule has 0 aromatic heterocycles. The van der Waals surface area contributed by atoms with Crippen LogP contribution in [0.2, 0.25) is 0 Å². The van der Waals surface area contributed by atoms with Crippen LogP contribution in [0, 0.1) is 0 Å². The van der Waals surface area contributed by atoms with Crippen molar-refractivity contribution in [3.8, 4) is 11.5 Å². The van der Waals surface area contributed by atoms with E-state index in [2.05, 4.69) is 0 Å². The second-order valence-electron chi connectivity index (χ2n) is 4.47. The number of allylic oxidation sites excluding steroid dienone is 1. The van der Waals surface area contributed by atoms with E-state index >= 15 is 0 Å². The highest BCUT2D eigenvalue weighted by Crippen LogP contribution is 2.26. The lowest BCUT2D eigenvalue weighted by Gasteiger charge is -2.07. The molecular formula is C17H16O3. The van der Waals surface area contributed by atoms with Gasteiger partial charge in [0.05, 0.1) is 0 Å². The van der Waals surface area contributed by atoms with Crippen molar-refractivity contribution in [1.29, 1.82) is 0 Å². The summed E-state index contributed by atoms with van der Waals surface area (Å²) in [7, 11) is 0. The maximum atomic E-state index is 11.3. The van der Waals surface area contributed by atoms with E-state index in [1.807, 2.05) is 13.0 Å². The van der Waals surface area contributed by atoms with E-state index in [1.165, 1.54) is 6.07 Å². The van der Waals surface area contributed by atoms with Crippen LogP contribution in [0.25, 0.3) is 11.6 Å². The maximum Gasteiger partial charge on any atom is 0.150 e. The number of aromatic hydroxyl groups is 2. The number of hydrogen-bond donors (Lipinski definition) is 2. The van der Waals surface area contributed by atoms with Crippen molar-refractivity contribution in [3.05, 3.63) is 59.2 Å². The van der Waals surface area contributed by atoms with E-state index in [4.69, 9.17) is 0 Å². The number of carbonyl (C=O) groups excluding carboxylic acids is 1. The van der Waals surface area contributed by atoms with Gasteiger partial charge in [0.2, 0.25) is 0 Å². The maximum absolute atomic E-state index is 11.3. The summed E-state index contributed by atoms with van der Waals surface area (Å²) < 4.78 is 0. The Morgan fingerprint density at radius 3 is 2.55 bits per heavy atom. The van der Waals surface area contributed by atoms with Gasteiger partial charge in [0.25, 0.3) is 0 Å². The third kappa shape index (κ3) is 2.88. The Bertz CT molecular complexity index is 657. The standard InChI is InChI=1S/C17H16O3/c1-2-16-13(6-4-8-17(16)20)9-14(11-18)12-5-3-7-15(19)10-12/h3-11,19-20H,2H2,1H3/b14-9+. The Balaban J connectivity index is 2.52. The van der Waals surface area contributed by atoms with Crippen LogP contribution in [0.1, 0.15) is 23.6 Å². The summed E-state index contributed by atoms with van der Waals surface area (Å²) in [6.07, 6.45) is 3.14. The number of phenolic OH excluding ortho intramolecular Hbond substituents is 2. The van der Waals surface area contributed by atoms with Gasteiger partial charge < -0.3 is 10.2 Å². The lowest BCUT2D eigenvalue weighted by molar-refractivity contribution is -0.103. The fourth-order valence-corrected chi connectivity index (χ4v) is 2.15. The zero-order valence-electron chi connectivity index (χ0n) is 11.2. The molecule has 2 N–H and O–H groups in total. The first-order valence-electron chi connectivity index (χ1n) is 6.42. The minimum Gasteiger partial charge on any atom is -0.508 e. The van der Waals surface area contributed by atoms with Crippen LogP contribution in [0.5, 0.6) is 11.5 Å². The molecular weight excluding hydrogens is 252 g/mol. The molecule has 0 radical (unpaired) electrons. The summed E-state index contributed by atoms with van der Waals surface area (Å²) in [6, 6.07) is 11.8. The summed E-state index contributed by atoms with van der Waals surface area (Å²) in [5.41, 5.74) is 2.71. The van der Waals surface area contributed by atoms with Gasteiger partial charge in [-0.15, -0.1) is 0 Å². The molecule has 0 amide bonds. The number of phenols is 2. The van der Waals surface area contributed by atoms with E-state index in [0.29, 0.717) is 17.6 Å². The largest absolute Gasteiger partial charge is 0.508 e. The van der Waals surface area contributed by atoms with Crippen LogP contribution >= 0.6 is 0 Å². The lowest BCUT2D eigenvalue weighted by Crippen LogP contribution is -1.90.